The lowest BCUT2D eigenvalue weighted by Crippen LogP contribution is -2.37. The molecule has 1 heteroatoms. The summed E-state index contributed by atoms with van der Waals surface area (Å²) in [6.45, 7) is 1.17. The predicted octanol–water partition coefficient (Wildman–Crippen LogP) is 2.65. The summed E-state index contributed by atoms with van der Waals surface area (Å²) in [5, 5.41) is 3.60. The van der Waals surface area contributed by atoms with E-state index in [1.165, 1.54) is 38.6 Å². The largest absolute Gasteiger partial charge is 0.310 e. The minimum atomic E-state index is 0.661. The summed E-state index contributed by atoms with van der Waals surface area (Å²) in [6, 6.07) is 0.661. The second-order valence-corrected chi connectivity index (χ2v) is 4.08. The maximum absolute atomic E-state index is 3.60. The van der Waals surface area contributed by atoms with Crippen molar-refractivity contribution in [2.24, 2.45) is 5.92 Å². The van der Waals surface area contributed by atoms with Gasteiger partial charge in [0.25, 0.3) is 0 Å². The Morgan fingerprint density at radius 2 is 1.69 bits per heavy atom. The zero-order chi connectivity index (χ0) is 8.93. The molecule has 1 atom stereocenters. The van der Waals surface area contributed by atoms with Gasteiger partial charge >= 0.3 is 0 Å². The van der Waals surface area contributed by atoms with Gasteiger partial charge in [-0.05, 0) is 44.6 Å². The van der Waals surface area contributed by atoms with Crippen molar-refractivity contribution < 1.29 is 0 Å². The highest BCUT2D eigenvalue weighted by atomic mass is 14.9. The van der Waals surface area contributed by atoms with E-state index in [0.717, 1.165) is 5.92 Å². The molecule has 1 nitrogen and oxygen atoms in total. The third-order valence-electron chi connectivity index (χ3n) is 3.12. The zero-order valence-electron chi connectivity index (χ0n) is 8.21. The van der Waals surface area contributed by atoms with Crippen LogP contribution in [-0.4, -0.2) is 12.6 Å². The lowest BCUT2D eigenvalue weighted by Gasteiger charge is -2.26. The number of allylic oxidation sites excluding steroid dienone is 2. The number of hydrogen-bond acceptors (Lipinski definition) is 1. The minimum absolute atomic E-state index is 0.661. The Bertz CT molecular complexity index is 195. The lowest BCUT2D eigenvalue weighted by molar-refractivity contribution is 0.363. The molecule has 1 heterocycles. The van der Waals surface area contributed by atoms with E-state index in [9.17, 15) is 0 Å². The van der Waals surface area contributed by atoms with Gasteiger partial charge in [-0.15, -0.1) is 0 Å². The minimum Gasteiger partial charge on any atom is -0.310 e. The van der Waals surface area contributed by atoms with Crippen LogP contribution in [0.2, 0.25) is 0 Å². The standard InChI is InChI=1S/C12H19N/c1-2-4-8-11(7-3-1)12-9-5-6-10-13-12/h1-2,5,9,11-13H,3-4,6-8,10H2. The fraction of sp³-hybridized carbons (Fsp3) is 0.667. The molecule has 0 fully saturated rings. The summed E-state index contributed by atoms with van der Waals surface area (Å²) < 4.78 is 0. The molecule has 0 aromatic carbocycles. The van der Waals surface area contributed by atoms with Gasteiger partial charge in [0.1, 0.15) is 0 Å². The van der Waals surface area contributed by atoms with Crippen molar-refractivity contribution in [1.29, 1.82) is 0 Å². The van der Waals surface area contributed by atoms with Crippen molar-refractivity contribution in [2.75, 3.05) is 6.54 Å². The first-order valence-electron chi connectivity index (χ1n) is 5.52. The van der Waals surface area contributed by atoms with Crippen LogP contribution in [0.4, 0.5) is 0 Å². The first-order chi connectivity index (χ1) is 6.47. The number of hydrogen-bond donors (Lipinski definition) is 1. The Labute approximate surface area is 80.9 Å². The molecule has 0 radical (unpaired) electrons. The van der Waals surface area contributed by atoms with Crippen molar-refractivity contribution >= 4 is 0 Å². The third-order valence-corrected chi connectivity index (χ3v) is 3.12. The summed E-state index contributed by atoms with van der Waals surface area (Å²) in [5.74, 6) is 0.867. The van der Waals surface area contributed by atoms with Crippen LogP contribution >= 0.6 is 0 Å². The molecule has 1 aliphatic heterocycles. The van der Waals surface area contributed by atoms with Gasteiger partial charge < -0.3 is 5.32 Å². The van der Waals surface area contributed by atoms with Crippen molar-refractivity contribution in [3.05, 3.63) is 24.3 Å². The fourth-order valence-corrected chi connectivity index (χ4v) is 2.33. The molecular weight excluding hydrogens is 158 g/mol. The highest BCUT2D eigenvalue weighted by Crippen LogP contribution is 2.23. The predicted molar refractivity (Wildman–Crippen MR) is 56.6 cm³/mol. The molecule has 2 aliphatic rings. The van der Waals surface area contributed by atoms with E-state index in [4.69, 9.17) is 0 Å². The van der Waals surface area contributed by atoms with Gasteiger partial charge in [0.05, 0.1) is 0 Å². The van der Waals surface area contributed by atoms with Gasteiger partial charge in [-0.1, -0.05) is 24.3 Å². The van der Waals surface area contributed by atoms with E-state index in [1.807, 2.05) is 0 Å². The molecular formula is C12H19N. The van der Waals surface area contributed by atoms with Crippen LogP contribution in [0.5, 0.6) is 0 Å². The highest BCUT2D eigenvalue weighted by Gasteiger charge is 2.19. The fourth-order valence-electron chi connectivity index (χ4n) is 2.33. The summed E-state index contributed by atoms with van der Waals surface area (Å²) in [5.41, 5.74) is 0. The molecule has 0 bridgehead atoms. The molecule has 1 N–H and O–H groups in total. The van der Waals surface area contributed by atoms with Crippen molar-refractivity contribution in [3.8, 4) is 0 Å². The van der Waals surface area contributed by atoms with Crippen LogP contribution in [-0.2, 0) is 0 Å². The Morgan fingerprint density at radius 3 is 2.31 bits per heavy atom. The lowest BCUT2D eigenvalue weighted by atomic mass is 9.90. The van der Waals surface area contributed by atoms with Crippen LogP contribution in [0.1, 0.15) is 32.1 Å². The number of nitrogens with one attached hydrogen (secondary N) is 1. The summed E-state index contributed by atoms with van der Waals surface area (Å²) >= 11 is 0. The second-order valence-electron chi connectivity index (χ2n) is 4.08. The normalized spacial score (nSPS) is 30.3. The van der Waals surface area contributed by atoms with Crippen molar-refractivity contribution in [1.82, 2.24) is 5.32 Å². The van der Waals surface area contributed by atoms with Crippen LogP contribution in [0.15, 0.2) is 24.3 Å². The zero-order valence-corrected chi connectivity index (χ0v) is 8.21. The quantitative estimate of drug-likeness (QED) is 0.607. The highest BCUT2D eigenvalue weighted by molar-refractivity contribution is 5.02. The van der Waals surface area contributed by atoms with Gasteiger partial charge in [0.15, 0.2) is 0 Å². The SMILES string of the molecule is C1=CC(C2CCC=CCC2)NCC1. The average molecular weight is 177 g/mol. The maximum atomic E-state index is 3.60. The Hall–Kier alpha value is -0.560. The molecule has 1 unspecified atom stereocenters. The molecule has 0 aromatic heterocycles. The summed E-state index contributed by atoms with van der Waals surface area (Å²) in [7, 11) is 0. The van der Waals surface area contributed by atoms with E-state index < -0.39 is 0 Å². The molecule has 13 heavy (non-hydrogen) atoms. The van der Waals surface area contributed by atoms with Crippen LogP contribution in [0.3, 0.4) is 0 Å². The third kappa shape index (κ3) is 2.44. The second kappa shape index (κ2) is 4.61. The molecule has 0 amide bonds. The molecule has 1 aliphatic carbocycles. The molecule has 2 rings (SSSR count). The Kier molecular flexibility index (Phi) is 3.20. The van der Waals surface area contributed by atoms with Gasteiger partial charge in [0.2, 0.25) is 0 Å². The topological polar surface area (TPSA) is 12.0 Å². The molecule has 0 saturated carbocycles. The van der Waals surface area contributed by atoms with Crippen LogP contribution in [0, 0.1) is 5.92 Å². The van der Waals surface area contributed by atoms with Gasteiger partial charge in [-0.2, -0.15) is 0 Å². The monoisotopic (exact) mass is 177 g/mol. The summed E-state index contributed by atoms with van der Waals surface area (Å²) in [6.07, 6.45) is 15.9. The van der Waals surface area contributed by atoms with E-state index in [2.05, 4.69) is 29.6 Å². The van der Waals surface area contributed by atoms with Crippen molar-refractivity contribution in [2.45, 2.75) is 38.1 Å². The molecule has 0 saturated heterocycles. The molecule has 72 valence electrons. The summed E-state index contributed by atoms with van der Waals surface area (Å²) in [4.78, 5) is 0. The van der Waals surface area contributed by atoms with Crippen LogP contribution < -0.4 is 5.32 Å². The van der Waals surface area contributed by atoms with Gasteiger partial charge in [-0.25, -0.2) is 0 Å². The molecule has 0 spiro atoms. The van der Waals surface area contributed by atoms with E-state index in [-0.39, 0.29) is 0 Å². The maximum Gasteiger partial charge on any atom is 0.0278 e. The van der Waals surface area contributed by atoms with Gasteiger partial charge in [-0.3, -0.25) is 0 Å². The van der Waals surface area contributed by atoms with E-state index >= 15 is 0 Å². The Balaban J connectivity index is 1.91. The van der Waals surface area contributed by atoms with Gasteiger partial charge in [0, 0.05) is 6.04 Å². The average Bonchev–Trinajstić information content (AvgIpc) is 2.47. The van der Waals surface area contributed by atoms with Crippen molar-refractivity contribution in [3.63, 3.8) is 0 Å². The molecule has 0 aromatic rings. The number of rotatable bonds is 1. The van der Waals surface area contributed by atoms with E-state index in [0.29, 0.717) is 6.04 Å². The smallest absolute Gasteiger partial charge is 0.0278 e. The first kappa shape index (κ1) is 9.01. The van der Waals surface area contributed by atoms with Crippen LogP contribution in [0.25, 0.3) is 0 Å². The first-order valence-corrected chi connectivity index (χ1v) is 5.52. The van der Waals surface area contributed by atoms with E-state index in [1.54, 1.807) is 0 Å². The Morgan fingerprint density at radius 1 is 0.923 bits per heavy atom.